The number of thioether (sulfide) groups is 1. The van der Waals surface area contributed by atoms with Gasteiger partial charge in [0.05, 0.1) is 0 Å². The van der Waals surface area contributed by atoms with Crippen molar-refractivity contribution in [2.75, 3.05) is 5.75 Å². The van der Waals surface area contributed by atoms with Crippen molar-refractivity contribution in [2.45, 2.75) is 43.0 Å². The molecule has 1 aliphatic heterocycles. The molecule has 31 heavy (non-hydrogen) atoms. The van der Waals surface area contributed by atoms with Gasteiger partial charge in [-0.1, -0.05) is 12.1 Å². The second-order valence-electron chi connectivity index (χ2n) is 7.53. The van der Waals surface area contributed by atoms with Crippen molar-refractivity contribution in [1.29, 1.82) is 0 Å². The SMILES string of the molecule is CC(=O)[C@]1(O)[C@@](O)(C(C)=O)CS[C@H](Oc2ccc(-c3ccncc3)cc2)[C@@]1(O)C(C)=O. The number of ketones is 3. The van der Waals surface area contributed by atoms with E-state index in [-0.39, 0.29) is 5.75 Å². The first kappa shape index (κ1) is 23.1. The van der Waals surface area contributed by atoms with Crippen LogP contribution >= 0.6 is 11.8 Å². The van der Waals surface area contributed by atoms with Crippen LogP contribution in [-0.2, 0) is 14.4 Å². The zero-order valence-electron chi connectivity index (χ0n) is 17.2. The van der Waals surface area contributed by atoms with E-state index in [4.69, 9.17) is 4.74 Å². The van der Waals surface area contributed by atoms with Gasteiger partial charge in [-0.2, -0.15) is 0 Å². The Balaban J connectivity index is 1.99. The van der Waals surface area contributed by atoms with Crippen LogP contribution in [0.15, 0.2) is 48.8 Å². The highest BCUT2D eigenvalue weighted by molar-refractivity contribution is 8.00. The first-order valence-corrected chi connectivity index (χ1v) is 10.5. The number of Topliss-reactive ketones (excluding diaryl/α,β-unsaturated/α-hetero) is 3. The van der Waals surface area contributed by atoms with Crippen molar-refractivity contribution in [3.05, 3.63) is 48.8 Å². The van der Waals surface area contributed by atoms with Gasteiger partial charge < -0.3 is 20.1 Å². The van der Waals surface area contributed by atoms with Crippen molar-refractivity contribution in [3.8, 4) is 16.9 Å². The summed E-state index contributed by atoms with van der Waals surface area (Å²) in [6, 6.07) is 10.4. The first-order chi connectivity index (χ1) is 14.5. The molecular formula is C22H23NO7S. The first-order valence-electron chi connectivity index (χ1n) is 9.47. The smallest absolute Gasteiger partial charge is 0.208 e. The Morgan fingerprint density at radius 3 is 1.94 bits per heavy atom. The van der Waals surface area contributed by atoms with Gasteiger partial charge in [0, 0.05) is 18.1 Å². The standard InChI is InChI=1S/C22H23NO7S/c1-13(24)20(27)12-31-19(21(28,14(2)25)22(20,29)15(3)26)30-18-6-4-16(5-7-18)17-8-10-23-11-9-17/h4-11,19,27-29H,12H2,1-3H3/t19-,20-,21-,22-/m0/s1. The number of carbonyl (C=O) groups is 3. The maximum atomic E-state index is 12.5. The van der Waals surface area contributed by atoms with Crippen LogP contribution in [0.4, 0.5) is 0 Å². The molecule has 4 atom stereocenters. The van der Waals surface area contributed by atoms with Crippen LogP contribution in [0.3, 0.4) is 0 Å². The van der Waals surface area contributed by atoms with E-state index < -0.39 is 45.3 Å². The Hall–Kier alpha value is -2.59. The van der Waals surface area contributed by atoms with Gasteiger partial charge in [0.15, 0.2) is 34.0 Å². The molecule has 8 nitrogen and oxygen atoms in total. The molecule has 3 N–H and O–H groups in total. The minimum atomic E-state index is -3.08. The highest BCUT2D eigenvalue weighted by Crippen LogP contribution is 2.49. The van der Waals surface area contributed by atoms with Gasteiger partial charge in [0.1, 0.15) is 5.75 Å². The summed E-state index contributed by atoms with van der Waals surface area (Å²) in [6.07, 6.45) is 3.31. The van der Waals surface area contributed by atoms with Gasteiger partial charge in [0.2, 0.25) is 5.60 Å². The number of ether oxygens (including phenoxy) is 1. The lowest BCUT2D eigenvalue weighted by Gasteiger charge is -2.54. The number of carbonyl (C=O) groups excluding carboxylic acids is 3. The van der Waals surface area contributed by atoms with Crippen molar-refractivity contribution >= 4 is 29.1 Å². The number of aromatic nitrogens is 1. The molecule has 2 heterocycles. The molecule has 0 aliphatic carbocycles. The summed E-state index contributed by atoms with van der Waals surface area (Å²) in [5.41, 5.74) is -8.26. The van der Waals surface area contributed by atoms with Gasteiger partial charge >= 0.3 is 0 Å². The van der Waals surface area contributed by atoms with Crippen molar-refractivity contribution in [2.24, 2.45) is 0 Å². The molecule has 0 bridgehead atoms. The summed E-state index contributed by atoms with van der Waals surface area (Å²) in [6.45, 7) is 2.84. The minimum Gasteiger partial charge on any atom is -0.476 e. The molecule has 0 unspecified atom stereocenters. The van der Waals surface area contributed by atoms with E-state index in [0.717, 1.165) is 43.7 Å². The van der Waals surface area contributed by atoms with Crippen LogP contribution in [0.1, 0.15) is 20.8 Å². The second kappa shape index (κ2) is 8.16. The van der Waals surface area contributed by atoms with Crippen LogP contribution in [0.5, 0.6) is 5.75 Å². The maximum Gasteiger partial charge on any atom is 0.208 e. The Morgan fingerprint density at radius 2 is 1.45 bits per heavy atom. The summed E-state index contributed by atoms with van der Waals surface area (Å²) >= 11 is 0.764. The minimum absolute atomic E-state index is 0.258. The zero-order valence-corrected chi connectivity index (χ0v) is 18.0. The summed E-state index contributed by atoms with van der Waals surface area (Å²) in [4.78, 5) is 41.0. The normalized spacial score (nSPS) is 30.5. The summed E-state index contributed by atoms with van der Waals surface area (Å²) < 4.78 is 5.79. The fourth-order valence-corrected chi connectivity index (χ4v) is 5.32. The molecule has 1 fully saturated rings. The lowest BCUT2D eigenvalue weighted by Crippen LogP contribution is -2.82. The number of aliphatic hydroxyl groups is 3. The lowest BCUT2D eigenvalue weighted by molar-refractivity contribution is -0.236. The number of benzene rings is 1. The Bertz CT molecular complexity index is 1010. The summed E-state index contributed by atoms with van der Waals surface area (Å²) in [7, 11) is 0. The highest BCUT2D eigenvalue weighted by atomic mass is 32.2. The topological polar surface area (TPSA) is 134 Å². The average Bonchev–Trinajstić information content (AvgIpc) is 2.74. The quantitative estimate of drug-likeness (QED) is 0.599. The average molecular weight is 445 g/mol. The summed E-state index contributed by atoms with van der Waals surface area (Å²) in [5, 5.41) is 33.3. The van der Waals surface area contributed by atoms with Crippen LogP contribution in [0.2, 0.25) is 0 Å². The number of nitrogens with zero attached hydrogens (tertiary/aromatic N) is 1. The molecule has 0 saturated carbocycles. The van der Waals surface area contributed by atoms with Gasteiger partial charge in [-0.3, -0.25) is 19.4 Å². The molecule has 0 amide bonds. The second-order valence-corrected chi connectivity index (χ2v) is 8.58. The van der Waals surface area contributed by atoms with E-state index in [1.54, 1.807) is 36.7 Å². The Labute approximate surface area is 183 Å². The van der Waals surface area contributed by atoms with Crippen molar-refractivity contribution in [1.82, 2.24) is 4.98 Å². The largest absolute Gasteiger partial charge is 0.476 e. The van der Waals surface area contributed by atoms with Crippen LogP contribution < -0.4 is 4.74 Å². The number of hydrogen-bond acceptors (Lipinski definition) is 9. The van der Waals surface area contributed by atoms with Gasteiger partial charge in [-0.25, -0.2) is 0 Å². The monoisotopic (exact) mass is 445 g/mol. The third-order valence-corrected chi connectivity index (χ3v) is 7.00. The molecule has 164 valence electrons. The predicted molar refractivity (Wildman–Crippen MR) is 113 cm³/mol. The van der Waals surface area contributed by atoms with Gasteiger partial charge in [-0.15, -0.1) is 11.8 Å². The number of pyridine rings is 1. The maximum absolute atomic E-state index is 12.5. The highest BCUT2D eigenvalue weighted by Gasteiger charge is 2.75. The fourth-order valence-electron chi connectivity index (χ4n) is 3.76. The molecule has 2 aromatic rings. The van der Waals surface area contributed by atoms with Crippen LogP contribution in [-0.4, -0.2) is 65.6 Å². The molecule has 0 spiro atoms. The fraction of sp³-hybridized carbons (Fsp3) is 0.364. The van der Waals surface area contributed by atoms with E-state index in [1.165, 1.54) is 0 Å². The molecular weight excluding hydrogens is 422 g/mol. The lowest BCUT2D eigenvalue weighted by atomic mass is 9.65. The predicted octanol–water partition coefficient (Wildman–Crippen LogP) is 1.16. The molecule has 9 heteroatoms. The molecule has 1 aromatic carbocycles. The van der Waals surface area contributed by atoms with Gasteiger partial charge in [-0.05, 0) is 56.2 Å². The number of rotatable bonds is 6. The third kappa shape index (κ3) is 3.47. The Kier molecular flexibility index (Phi) is 6.07. The molecule has 1 aromatic heterocycles. The van der Waals surface area contributed by atoms with Crippen LogP contribution in [0.25, 0.3) is 11.1 Å². The molecule has 0 radical (unpaired) electrons. The molecule has 3 rings (SSSR count). The van der Waals surface area contributed by atoms with Crippen LogP contribution in [0, 0.1) is 0 Å². The van der Waals surface area contributed by atoms with E-state index in [9.17, 15) is 29.7 Å². The van der Waals surface area contributed by atoms with E-state index >= 15 is 0 Å². The van der Waals surface area contributed by atoms with E-state index in [2.05, 4.69) is 4.98 Å². The molecule has 1 aliphatic rings. The third-order valence-electron chi connectivity index (χ3n) is 5.67. The van der Waals surface area contributed by atoms with E-state index in [0.29, 0.717) is 0 Å². The van der Waals surface area contributed by atoms with Crippen molar-refractivity contribution < 1.29 is 34.4 Å². The van der Waals surface area contributed by atoms with Crippen molar-refractivity contribution in [3.63, 3.8) is 0 Å². The van der Waals surface area contributed by atoms with Gasteiger partial charge in [0.25, 0.3) is 0 Å². The summed E-state index contributed by atoms with van der Waals surface area (Å²) in [5.74, 6) is -3.28. The number of hydrogen-bond donors (Lipinski definition) is 3. The van der Waals surface area contributed by atoms with E-state index in [1.807, 2.05) is 12.1 Å². The Morgan fingerprint density at radius 1 is 0.903 bits per heavy atom. The molecule has 1 saturated heterocycles. The zero-order chi connectivity index (χ0) is 23.0.